The number of carbonyl (C=O) groups excluding carboxylic acids is 1. The maximum absolute atomic E-state index is 13.0. The highest BCUT2D eigenvalue weighted by Crippen LogP contribution is 2.34. The number of hydrogen-bond acceptors (Lipinski definition) is 6. The molecular weight excluding hydrogens is 515 g/mol. The summed E-state index contributed by atoms with van der Waals surface area (Å²) >= 11 is 1.48. The number of ether oxygens (including phenoxy) is 2. The average Bonchev–Trinajstić information content (AvgIpc) is 3.44. The molecule has 0 aliphatic carbocycles. The van der Waals surface area contributed by atoms with Crippen LogP contribution >= 0.6 is 11.3 Å². The molecule has 10 heteroatoms. The minimum absolute atomic E-state index is 0.209. The highest BCUT2D eigenvalue weighted by atomic mass is 32.1. The van der Waals surface area contributed by atoms with Crippen LogP contribution in [0, 0.1) is 0 Å². The molecule has 1 aromatic carbocycles. The van der Waals surface area contributed by atoms with Crippen molar-refractivity contribution in [1.29, 1.82) is 0 Å². The Morgan fingerprint density at radius 3 is 2.50 bits per heavy atom. The Kier molecular flexibility index (Phi) is 8.10. The molecule has 0 atom stereocenters. The number of unbranched alkanes of at least 4 members (excludes halogenated alkanes) is 1. The molecule has 0 saturated heterocycles. The van der Waals surface area contributed by atoms with E-state index in [-0.39, 0.29) is 6.61 Å². The molecule has 0 aliphatic rings. The van der Waals surface area contributed by atoms with Crippen molar-refractivity contribution in [3.8, 4) is 16.3 Å². The first-order valence-electron chi connectivity index (χ1n) is 12.4. The van der Waals surface area contributed by atoms with Gasteiger partial charge in [0.25, 0.3) is 0 Å². The van der Waals surface area contributed by atoms with Crippen LogP contribution in [0.5, 0.6) is 5.75 Å². The zero-order valence-corrected chi connectivity index (χ0v) is 22.6. The molecule has 0 fully saturated rings. The third kappa shape index (κ3) is 6.92. The minimum Gasteiger partial charge on any atom is -0.480 e. The number of benzene rings is 1. The number of aryl methyl sites for hydroxylation is 1. The van der Waals surface area contributed by atoms with Crippen molar-refractivity contribution in [2.45, 2.75) is 65.3 Å². The van der Waals surface area contributed by atoms with Crippen LogP contribution < -0.4 is 4.74 Å². The third-order valence-electron chi connectivity index (χ3n) is 5.67. The molecule has 0 aliphatic heterocycles. The zero-order chi connectivity index (χ0) is 27.5. The summed E-state index contributed by atoms with van der Waals surface area (Å²) in [4.78, 5) is 22.3. The normalized spacial score (nSPS) is 12.2. The lowest BCUT2D eigenvalue weighted by molar-refractivity contribution is -0.157. The standard InChI is InChI=1S/C28H30F3N3O3S/c1-5-6-7-22-23(38-26(33-22)18-8-10-20(11-9-18)28(29,30)31)16-34-13-12-19-14-21(15-32-25(19)34)36-17-24(35)37-27(2,3)4/h8-15H,5-7,16-17H2,1-4H3. The van der Waals surface area contributed by atoms with E-state index in [1.54, 1.807) is 27.0 Å². The van der Waals surface area contributed by atoms with Crippen LogP contribution in [0.1, 0.15) is 56.7 Å². The number of alkyl halides is 3. The molecule has 0 spiro atoms. The van der Waals surface area contributed by atoms with Crippen LogP contribution in [-0.4, -0.2) is 32.7 Å². The van der Waals surface area contributed by atoms with Crippen LogP contribution in [0.25, 0.3) is 21.6 Å². The van der Waals surface area contributed by atoms with Gasteiger partial charge in [0, 0.05) is 22.0 Å². The monoisotopic (exact) mass is 545 g/mol. The van der Waals surface area contributed by atoms with Crippen LogP contribution in [-0.2, 0) is 28.7 Å². The Balaban J connectivity index is 1.53. The van der Waals surface area contributed by atoms with E-state index < -0.39 is 23.3 Å². The van der Waals surface area contributed by atoms with Gasteiger partial charge in [-0.25, -0.2) is 14.8 Å². The molecule has 202 valence electrons. The van der Waals surface area contributed by atoms with Gasteiger partial charge in [-0.05, 0) is 57.9 Å². The fraction of sp³-hybridized carbons (Fsp3) is 0.393. The number of fused-ring (bicyclic) bond motifs is 1. The molecule has 4 rings (SSSR count). The molecule has 0 bridgehead atoms. The van der Waals surface area contributed by atoms with Crippen LogP contribution in [0.15, 0.2) is 48.8 Å². The highest BCUT2D eigenvalue weighted by Gasteiger charge is 2.30. The molecule has 3 aromatic heterocycles. The molecule has 0 unspecified atom stereocenters. The van der Waals surface area contributed by atoms with Crippen molar-refractivity contribution in [3.63, 3.8) is 0 Å². The fourth-order valence-corrected chi connectivity index (χ4v) is 5.02. The molecule has 38 heavy (non-hydrogen) atoms. The van der Waals surface area contributed by atoms with Gasteiger partial charge in [0.15, 0.2) is 6.61 Å². The van der Waals surface area contributed by atoms with Crippen LogP contribution in [0.3, 0.4) is 0 Å². The van der Waals surface area contributed by atoms with Gasteiger partial charge in [-0.2, -0.15) is 13.2 Å². The first-order chi connectivity index (χ1) is 17.9. The molecule has 3 heterocycles. The summed E-state index contributed by atoms with van der Waals surface area (Å²) in [7, 11) is 0. The number of aromatic nitrogens is 3. The van der Waals surface area contributed by atoms with Gasteiger partial charge < -0.3 is 14.0 Å². The summed E-state index contributed by atoms with van der Waals surface area (Å²) < 4.78 is 51.8. The predicted octanol–water partition coefficient (Wildman–Crippen LogP) is 7.29. The van der Waals surface area contributed by atoms with E-state index in [0.717, 1.165) is 53.0 Å². The number of hydrogen-bond donors (Lipinski definition) is 0. The SMILES string of the molecule is CCCCc1nc(-c2ccc(C(F)(F)F)cc2)sc1Cn1ccc2cc(OCC(=O)OC(C)(C)C)cnc21. The zero-order valence-electron chi connectivity index (χ0n) is 21.8. The molecule has 0 N–H and O–H groups in total. The number of carbonyl (C=O) groups is 1. The Bertz CT molecular complexity index is 1400. The number of nitrogens with zero attached hydrogens (tertiary/aromatic N) is 3. The van der Waals surface area contributed by atoms with E-state index in [0.29, 0.717) is 22.9 Å². The van der Waals surface area contributed by atoms with Crippen molar-refractivity contribution < 1.29 is 27.4 Å². The Labute approximate surface area is 223 Å². The second-order valence-electron chi connectivity index (χ2n) is 9.97. The quantitative estimate of drug-likeness (QED) is 0.207. The molecule has 0 radical (unpaired) electrons. The van der Waals surface area contributed by atoms with E-state index in [4.69, 9.17) is 14.5 Å². The van der Waals surface area contributed by atoms with Crippen molar-refractivity contribution >= 4 is 28.3 Å². The van der Waals surface area contributed by atoms with Gasteiger partial charge in [0.1, 0.15) is 22.0 Å². The second-order valence-corrected chi connectivity index (χ2v) is 11.1. The van der Waals surface area contributed by atoms with Gasteiger partial charge in [0.2, 0.25) is 0 Å². The Morgan fingerprint density at radius 1 is 1.11 bits per heavy atom. The molecule has 6 nitrogen and oxygen atoms in total. The fourth-order valence-electron chi connectivity index (χ4n) is 3.90. The van der Waals surface area contributed by atoms with Crippen molar-refractivity contribution in [2.75, 3.05) is 6.61 Å². The number of rotatable bonds is 9. The van der Waals surface area contributed by atoms with Crippen LogP contribution in [0.4, 0.5) is 13.2 Å². The topological polar surface area (TPSA) is 66.2 Å². The van der Waals surface area contributed by atoms with Crippen molar-refractivity contribution in [2.24, 2.45) is 0 Å². The van der Waals surface area contributed by atoms with Gasteiger partial charge in [0.05, 0.1) is 24.0 Å². The molecule has 0 saturated carbocycles. The first-order valence-corrected chi connectivity index (χ1v) is 13.2. The smallest absolute Gasteiger partial charge is 0.416 e. The highest BCUT2D eigenvalue weighted by molar-refractivity contribution is 7.15. The average molecular weight is 546 g/mol. The number of halogens is 3. The van der Waals surface area contributed by atoms with Gasteiger partial charge in [-0.3, -0.25) is 0 Å². The lowest BCUT2D eigenvalue weighted by Gasteiger charge is -2.19. The summed E-state index contributed by atoms with van der Waals surface area (Å²) in [6, 6.07) is 8.87. The third-order valence-corrected chi connectivity index (χ3v) is 6.80. The van der Waals surface area contributed by atoms with Gasteiger partial charge >= 0.3 is 12.1 Å². The number of thiazole rings is 1. The van der Waals surface area contributed by atoms with Crippen molar-refractivity contribution in [1.82, 2.24) is 14.5 Å². The summed E-state index contributed by atoms with van der Waals surface area (Å²) in [5, 5.41) is 1.55. The Morgan fingerprint density at radius 2 is 1.84 bits per heavy atom. The summed E-state index contributed by atoms with van der Waals surface area (Å²) in [5.41, 5.74) is 1.10. The van der Waals surface area contributed by atoms with Crippen molar-refractivity contribution in [3.05, 3.63) is 64.9 Å². The van der Waals surface area contributed by atoms with Crippen LogP contribution in [0.2, 0.25) is 0 Å². The summed E-state index contributed by atoms with van der Waals surface area (Å²) in [6.07, 6.45) is 1.89. The van der Waals surface area contributed by atoms with E-state index in [1.165, 1.54) is 23.5 Å². The molecule has 0 amide bonds. The predicted molar refractivity (Wildman–Crippen MR) is 141 cm³/mol. The maximum atomic E-state index is 13.0. The lowest BCUT2D eigenvalue weighted by atomic mass is 10.1. The number of esters is 1. The van der Waals surface area contributed by atoms with E-state index in [1.807, 2.05) is 22.9 Å². The molecular formula is C28H30F3N3O3S. The Hall–Kier alpha value is -3.40. The molecule has 4 aromatic rings. The first kappa shape index (κ1) is 27.6. The second kappa shape index (κ2) is 11.1. The maximum Gasteiger partial charge on any atom is 0.416 e. The summed E-state index contributed by atoms with van der Waals surface area (Å²) in [6.45, 7) is 7.82. The van der Waals surface area contributed by atoms with E-state index in [2.05, 4.69) is 11.9 Å². The van der Waals surface area contributed by atoms with E-state index >= 15 is 0 Å². The largest absolute Gasteiger partial charge is 0.480 e. The van der Waals surface area contributed by atoms with Gasteiger partial charge in [-0.15, -0.1) is 11.3 Å². The van der Waals surface area contributed by atoms with E-state index in [9.17, 15) is 18.0 Å². The lowest BCUT2D eigenvalue weighted by Crippen LogP contribution is -2.27. The minimum atomic E-state index is -4.37. The number of pyridine rings is 1. The van der Waals surface area contributed by atoms with Gasteiger partial charge in [-0.1, -0.05) is 25.5 Å². The summed E-state index contributed by atoms with van der Waals surface area (Å²) in [5.74, 6) is 0.0101.